The number of benzene rings is 2. The molecular formula is C19H12BrIN2O4. The van der Waals surface area contributed by atoms with E-state index in [-0.39, 0.29) is 11.7 Å². The van der Waals surface area contributed by atoms with Gasteiger partial charge >= 0.3 is 0 Å². The van der Waals surface area contributed by atoms with Crippen molar-refractivity contribution in [3.05, 3.63) is 62.5 Å². The molecule has 2 aromatic carbocycles. The van der Waals surface area contributed by atoms with Gasteiger partial charge in [0.2, 0.25) is 5.89 Å². The molecule has 1 N–H and O–H groups in total. The number of amides is 1. The van der Waals surface area contributed by atoms with Crippen LogP contribution in [-0.2, 0) is 0 Å². The molecule has 0 bridgehead atoms. The highest BCUT2D eigenvalue weighted by molar-refractivity contribution is 14.1. The number of halogens is 2. The lowest BCUT2D eigenvalue weighted by Crippen LogP contribution is -2.10. The van der Waals surface area contributed by atoms with Gasteiger partial charge in [-0.1, -0.05) is 0 Å². The molecule has 0 aliphatic heterocycles. The molecule has 0 aliphatic rings. The highest BCUT2D eigenvalue weighted by atomic mass is 127. The van der Waals surface area contributed by atoms with Crippen molar-refractivity contribution in [2.75, 3.05) is 12.4 Å². The number of hydrogen-bond acceptors (Lipinski definition) is 5. The van der Waals surface area contributed by atoms with Crippen molar-refractivity contribution in [2.45, 2.75) is 0 Å². The number of carbonyl (C=O) groups excluding carboxylic acids is 1. The van der Waals surface area contributed by atoms with Crippen molar-refractivity contribution in [1.29, 1.82) is 0 Å². The molecule has 8 heteroatoms. The van der Waals surface area contributed by atoms with Crippen molar-refractivity contribution in [1.82, 2.24) is 4.98 Å². The maximum atomic E-state index is 12.2. The Morgan fingerprint density at radius 2 is 2.00 bits per heavy atom. The molecule has 27 heavy (non-hydrogen) atoms. The number of anilines is 1. The summed E-state index contributed by atoms with van der Waals surface area (Å²) in [6.07, 6.45) is 0. The molecule has 4 aromatic rings. The number of rotatable bonds is 4. The van der Waals surface area contributed by atoms with Gasteiger partial charge in [-0.15, -0.1) is 0 Å². The zero-order valence-corrected chi connectivity index (χ0v) is 17.7. The molecule has 2 aromatic heterocycles. The number of hydrogen-bond donors (Lipinski definition) is 1. The average molecular weight is 539 g/mol. The second-order valence-electron chi connectivity index (χ2n) is 5.61. The summed E-state index contributed by atoms with van der Waals surface area (Å²) >= 11 is 5.47. The number of aromatic nitrogens is 1. The number of nitrogens with one attached hydrogen (secondary N) is 1. The van der Waals surface area contributed by atoms with Gasteiger partial charge < -0.3 is 18.9 Å². The molecule has 0 fully saturated rings. The highest BCUT2D eigenvalue weighted by Gasteiger charge is 2.14. The molecule has 0 aliphatic carbocycles. The predicted molar refractivity (Wildman–Crippen MR) is 113 cm³/mol. The van der Waals surface area contributed by atoms with Crippen molar-refractivity contribution in [3.8, 4) is 17.2 Å². The van der Waals surface area contributed by atoms with Crippen LogP contribution in [0.5, 0.6) is 5.75 Å². The summed E-state index contributed by atoms with van der Waals surface area (Å²) in [6, 6.07) is 14.2. The van der Waals surface area contributed by atoms with Crippen LogP contribution < -0.4 is 10.1 Å². The van der Waals surface area contributed by atoms with Crippen LogP contribution in [0.2, 0.25) is 0 Å². The summed E-state index contributed by atoms with van der Waals surface area (Å²) in [5, 5.41) is 2.80. The van der Waals surface area contributed by atoms with E-state index in [4.69, 9.17) is 13.6 Å². The summed E-state index contributed by atoms with van der Waals surface area (Å²) in [7, 11) is 1.61. The lowest BCUT2D eigenvalue weighted by molar-refractivity contribution is 0.0995. The van der Waals surface area contributed by atoms with Crippen LogP contribution >= 0.6 is 38.5 Å². The molecule has 0 radical (unpaired) electrons. The van der Waals surface area contributed by atoms with Crippen LogP contribution in [0, 0.1) is 3.77 Å². The number of carbonyl (C=O) groups is 1. The van der Waals surface area contributed by atoms with E-state index in [0.717, 1.165) is 15.8 Å². The first-order valence-corrected chi connectivity index (χ1v) is 9.72. The van der Waals surface area contributed by atoms with Gasteiger partial charge in [0.1, 0.15) is 11.3 Å². The molecule has 136 valence electrons. The summed E-state index contributed by atoms with van der Waals surface area (Å²) in [5.41, 5.74) is 2.69. The van der Waals surface area contributed by atoms with Gasteiger partial charge in [0, 0.05) is 11.3 Å². The normalized spacial score (nSPS) is 10.9. The maximum absolute atomic E-state index is 12.2. The van der Waals surface area contributed by atoms with Crippen LogP contribution in [0.1, 0.15) is 10.6 Å². The van der Waals surface area contributed by atoms with E-state index in [1.165, 1.54) is 0 Å². The standard InChI is InChI=1S/C19H12BrIN2O4/c1-25-14-4-2-10(8-12(14)20)19-23-13-9-11(3-5-15(13)27-19)22-18(24)16-6-7-17(21)26-16/h2-9H,1H3,(H,22,24). The minimum absolute atomic E-state index is 0.253. The van der Waals surface area contributed by atoms with Crippen LogP contribution in [0.25, 0.3) is 22.6 Å². The van der Waals surface area contributed by atoms with E-state index in [0.29, 0.717) is 26.4 Å². The third-order valence-corrected chi connectivity index (χ3v) is 5.04. The number of fused-ring (bicyclic) bond motifs is 1. The lowest BCUT2D eigenvalue weighted by atomic mass is 10.2. The average Bonchev–Trinajstić information content (AvgIpc) is 3.27. The van der Waals surface area contributed by atoms with Crippen molar-refractivity contribution in [3.63, 3.8) is 0 Å². The van der Waals surface area contributed by atoms with Gasteiger partial charge in [-0.05, 0) is 87.1 Å². The minimum Gasteiger partial charge on any atom is -0.496 e. The quantitative estimate of drug-likeness (QED) is 0.336. The first-order chi connectivity index (χ1) is 13.0. The SMILES string of the molecule is COc1ccc(-c2nc3cc(NC(=O)c4ccc(I)o4)ccc3o2)cc1Br. The predicted octanol–water partition coefficient (Wildman–Crippen LogP) is 5.72. The Bertz CT molecular complexity index is 1150. The van der Waals surface area contributed by atoms with E-state index in [2.05, 4.69) is 26.2 Å². The Morgan fingerprint density at radius 1 is 1.15 bits per heavy atom. The highest BCUT2D eigenvalue weighted by Crippen LogP contribution is 2.32. The van der Waals surface area contributed by atoms with Crippen molar-refractivity contribution in [2.24, 2.45) is 0 Å². The van der Waals surface area contributed by atoms with Crippen molar-refractivity contribution < 1.29 is 18.4 Å². The lowest BCUT2D eigenvalue weighted by Gasteiger charge is -2.03. The summed E-state index contributed by atoms with van der Waals surface area (Å²) in [5.74, 6) is 1.15. The Balaban J connectivity index is 1.62. The fraction of sp³-hybridized carbons (Fsp3) is 0.0526. The number of methoxy groups -OCH3 is 1. The second kappa shape index (κ2) is 7.35. The third-order valence-electron chi connectivity index (χ3n) is 3.84. The Labute approximate surface area is 176 Å². The number of oxazole rings is 1. The molecule has 0 unspecified atom stereocenters. The second-order valence-corrected chi connectivity index (χ2v) is 7.53. The maximum Gasteiger partial charge on any atom is 0.291 e. The van der Waals surface area contributed by atoms with E-state index in [1.54, 1.807) is 37.4 Å². The van der Waals surface area contributed by atoms with E-state index >= 15 is 0 Å². The van der Waals surface area contributed by atoms with Crippen molar-refractivity contribution >= 4 is 61.2 Å². The van der Waals surface area contributed by atoms with Gasteiger partial charge in [-0.3, -0.25) is 4.79 Å². The summed E-state index contributed by atoms with van der Waals surface area (Å²) in [6.45, 7) is 0. The Kier molecular flexibility index (Phi) is 4.92. The van der Waals surface area contributed by atoms with Gasteiger partial charge in [0.25, 0.3) is 5.91 Å². The first kappa shape index (κ1) is 18.1. The van der Waals surface area contributed by atoms with E-state index in [9.17, 15) is 4.79 Å². The molecule has 0 atom stereocenters. The Morgan fingerprint density at radius 3 is 2.70 bits per heavy atom. The fourth-order valence-electron chi connectivity index (χ4n) is 2.56. The molecule has 4 rings (SSSR count). The number of ether oxygens (including phenoxy) is 1. The smallest absolute Gasteiger partial charge is 0.291 e. The van der Waals surface area contributed by atoms with Crippen LogP contribution in [0.3, 0.4) is 0 Å². The molecule has 2 heterocycles. The summed E-state index contributed by atoms with van der Waals surface area (Å²) < 4.78 is 17.9. The van der Waals surface area contributed by atoms with Crippen LogP contribution in [0.15, 0.2) is 61.8 Å². The number of nitrogens with zero attached hydrogens (tertiary/aromatic N) is 1. The zero-order chi connectivity index (χ0) is 19.0. The fourth-order valence-corrected chi connectivity index (χ4v) is 3.51. The molecule has 0 spiro atoms. The zero-order valence-electron chi connectivity index (χ0n) is 14.0. The first-order valence-electron chi connectivity index (χ1n) is 7.84. The third kappa shape index (κ3) is 3.72. The molecule has 0 saturated heterocycles. The van der Waals surface area contributed by atoms with Gasteiger partial charge in [0.15, 0.2) is 15.1 Å². The van der Waals surface area contributed by atoms with Gasteiger partial charge in [-0.2, -0.15) is 0 Å². The van der Waals surface area contributed by atoms with Crippen LogP contribution in [0.4, 0.5) is 5.69 Å². The van der Waals surface area contributed by atoms with Gasteiger partial charge in [0.05, 0.1) is 11.6 Å². The molecule has 1 amide bonds. The largest absolute Gasteiger partial charge is 0.496 e. The molecular weight excluding hydrogens is 527 g/mol. The van der Waals surface area contributed by atoms with E-state index < -0.39 is 0 Å². The molecule has 6 nitrogen and oxygen atoms in total. The number of furan rings is 1. The van der Waals surface area contributed by atoms with Crippen LogP contribution in [-0.4, -0.2) is 18.0 Å². The monoisotopic (exact) mass is 538 g/mol. The topological polar surface area (TPSA) is 77.5 Å². The molecule has 0 saturated carbocycles. The summed E-state index contributed by atoms with van der Waals surface area (Å²) in [4.78, 5) is 16.7. The Hall–Kier alpha value is -2.33. The van der Waals surface area contributed by atoms with Gasteiger partial charge in [-0.25, -0.2) is 4.98 Å². The van der Waals surface area contributed by atoms with E-state index in [1.807, 2.05) is 40.8 Å². The minimum atomic E-state index is -0.319.